The van der Waals surface area contributed by atoms with Crippen molar-refractivity contribution in [1.82, 2.24) is 15.0 Å². The molecule has 2 N–H and O–H groups in total. The van der Waals surface area contributed by atoms with E-state index in [1.165, 1.54) is 16.2 Å². The number of likely N-dealkylation sites (tertiary alicyclic amines) is 1. The summed E-state index contributed by atoms with van der Waals surface area (Å²) in [6.07, 6.45) is -0.660. The molecule has 4 rings (SSSR count). The number of alkyl halides is 3. The van der Waals surface area contributed by atoms with E-state index in [0.29, 0.717) is 36.4 Å². The Morgan fingerprint density at radius 2 is 2.00 bits per heavy atom. The standard InChI is InChI=1S/C17H17F3N4O4S/c18-17(19,20)15-21-12(28-23-15)11-8-4-1-2-6-10(8)29-13(11)22-16(27)24-7-3-5-9(24)14(25)26/h9H,1-7H2,(H,22,27)(H,25,26)/t9-/m1/s1. The number of hydrogen-bond donors (Lipinski definition) is 2. The fourth-order valence-electron chi connectivity index (χ4n) is 3.76. The molecular formula is C17H17F3N4O4S. The topological polar surface area (TPSA) is 109 Å². The summed E-state index contributed by atoms with van der Waals surface area (Å²) in [7, 11) is 0. The average molecular weight is 430 g/mol. The van der Waals surface area contributed by atoms with Gasteiger partial charge in [0.1, 0.15) is 11.0 Å². The number of aromatic nitrogens is 2. The molecule has 1 atom stereocenters. The second kappa shape index (κ2) is 7.32. The minimum atomic E-state index is -4.74. The molecule has 0 bridgehead atoms. The Morgan fingerprint density at radius 3 is 2.69 bits per heavy atom. The summed E-state index contributed by atoms with van der Waals surface area (Å²) >= 11 is 1.26. The van der Waals surface area contributed by atoms with Crippen molar-refractivity contribution < 1.29 is 32.4 Å². The maximum atomic E-state index is 12.9. The van der Waals surface area contributed by atoms with Gasteiger partial charge >= 0.3 is 18.2 Å². The lowest BCUT2D eigenvalue weighted by Gasteiger charge is -2.21. The zero-order valence-corrected chi connectivity index (χ0v) is 15.9. The number of carbonyl (C=O) groups is 2. The smallest absolute Gasteiger partial charge is 0.455 e. The van der Waals surface area contributed by atoms with Crippen LogP contribution in [0.15, 0.2) is 4.52 Å². The van der Waals surface area contributed by atoms with Gasteiger partial charge in [-0.3, -0.25) is 5.32 Å². The summed E-state index contributed by atoms with van der Waals surface area (Å²) in [5, 5.41) is 15.3. The van der Waals surface area contributed by atoms with E-state index in [1.807, 2.05) is 0 Å². The highest BCUT2D eigenvalue weighted by molar-refractivity contribution is 7.17. The van der Waals surface area contributed by atoms with E-state index in [9.17, 15) is 27.9 Å². The van der Waals surface area contributed by atoms with Crippen LogP contribution in [0.1, 0.15) is 41.9 Å². The lowest BCUT2D eigenvalue weighted by atomic mass is 9.95. The lowest BCUT2D eigenvalue weighted by Crippen LogP contribution is -2.42. The summed E-state index contributed by atoms with van der Waals surface area (Å²) in [5.41, 5.74) is 1.09. The SMILES string of the molecule is O=C(O)[C@H]1CCCN1C(=O)Nc1sc2c(c1-c1nc(C(F)(F)F)no1)CCCC2. The summed E-state index contributed by atoms with van der Waals surface area (Å²) in [6, 6.07) is -1.53. The number of carbonyl (C=O) groups excluding carboxylic acids is 1. The molecule has 8 nitrogen and oxygen atoms in total. The van der Waals surface area contributed by atoms with Gasteiger partial charge in [-0.15, -0.1) is 11.3 Å². The number of fused-ring (bicyclic) bond motifs is 1. The van der Waals surface area contributed by atoms with Crippen molar-refractivity contribution in [1.29, 1.82) is 0 Å². The van der Waals surface area contributed by atoms with Crippen LogP contribution in [0.25, 0.3) is 11.5 Å². The minimum Gasteiger partial charge on any atom is -0.480 e. The van der Waals surface area contributed by atoms with Crippen molar-refractivity contribution in [3.63, 3.8) is 0 Å². The van der Waals surface area contributed by atoms with Crippen LogP contribution in [0.4, 0.5) is 23.0 Å². The van der Waals surface area contributed by atoms with E-state index in [4.69, 9.17) is 4.52 Å². The molecule has 1 fully saturated rings. The number of hydrogen-bond acceptors (Lipinski definition) is 6. The molecule has 156 valence electrons. The Labute approximate surface area is 166 Å². The number of aliphatic carboxylic acids is 1. The Kier molecular flexibility index (Phi) is 4.97. The Bertz CT molecular complexity index is 955. The first-order chi connectivity index (χ1) is 13.8. The third-order valence-electron chi connectivity index (χ3n) is 5.08. The van der Waals surface area contributed by atoms with Crippen LogP contribution in [0.2, 0.25) is 0 Å². The first kappa shape index (κ1) is 19.7. The average Bonchev–Trinajstić information content (AvgIpc) is 3.38. The van der Waals surface area contributed by atoms with E-state index in [2.05, 4.69) is 15.5 Å². The van der Waals surface area contributed by atoms with Crippen LogP contribution < -0.4 is 5.32 Å². The molecule has 29 heavy (non-hydrogen) atoms. The predicted octanol–water partition coefficient (Wildman–Crippen LogP) is 3.78. The number of rotatable bonds is 3. The van der Waals surface area contributed by atoms with Gasteiger partial charge < -0.3 is 14.5 Å². The van der Waals surface area contributed by atoms with Gasteiger partial charge in [0, 0.05) is 11.4 Å². The highest BCUT2D eigenvalue weighted by Gasteiger charge is 2.39. The van der Waals surface area contributed by atoms with E-state index in [0.717, 1.165) is 29.7 Å². The van der Waals surface area contributed by atoms with Gasteiger partial charge in [0.05, 0.1) is 5.56 Å². The van der Waals surface area contributed by atoms with E-state index < -0.39 is 30.0 Å². The van der Waals surface area contributed by atoms with Gasteiger partial charge in [-0.05, 0) is 44.1 Å². The molecule has 2 aromatic rings. The number of urea groups is 1. The molecule has 1 aliphatic heterocycles. The van der Waals surface area contributed by atoms with Crippen molar-refractivity contribution in [3.05, 3.63) is 16.3 Å². The first-order valence-corrected chi connectivity index (χ1v) is 9.93. The molecule has 2 aliphatic rings. The molecule has 1 aliphatic carbocycles. The second-order valence-corrected chi connectivity index (χ2v) is 8.06. The van der Waals surface area contributed by atoms with Crippen LogP contribution in [0.3, 0.4) is 0 Å². The number of halogens is 3. The molecule has 3 heterocycles. The summed E-state index contributed by atoms with van der Waals surface area (Å²) in [5.74, 6) is -2.77. The maximum Gasteiger partial charge on any atom is 0.455 e. The van der Waals surface area contributed by atoms with Gasteiger partial charge in [-0.1, -0.05) is 5.16 Å². The van der Waals surface area contributed by atoms with Crippen LogP contribution in [-0.2, 0) is 23.8 Å². The summed E-state index contributed by atoms with van der Waals surface area (Å²) in [6.45, 7) is 0.294. The van der Waals surface area contributed by atoms with Crippen LogP contribution in [-0.4, -0.2) is 44.7 Å². The predicted molar refractivity (Wildman–Crippen MR) is 95.6 cm³/mol. The van der Waals surface area contributed by atoms with Crippen molar-refractivity contribution in [2.24, 2.45) is 0 Å². The monoisotopic (exact) mass is 430 g/mol. The van der Waals surface area contributed by atoms with Crippen molar-refractivity contribution in [2.75, 3.05) is 11.9 Å². The quantitative estimate of drug-likeness (QED) is 0.767. The molecule has 2 aromatic heterocycles. The number of nitrogens with zero attached hydrogens (tertiary/aromatic N) is 3. The third kappa shape index (κ3) is 3.68. The molecule has 2 amide bonds. The number of amides is 2. The van der Waals surface area contributed by atoms with E-state index in [-0.39, 0.29) is 5.89 Å². The molecule has 12 heteroatoms. The van der Waals surface area contributed by atoms with E-state index >= 15 is 0 Å². The molecule has 1 saturated heterocycles. The van der Waals surface area contributed by atoms with Crippen molar-refractivity contribution in [3.8, 4) is 11.5 Å². The maximum absolute atomic E-state index is 12.9. The number of nitrogens with one attached hydrogen (secondary N) is 1. The zero-order valence-electron chi connectivity index (χ0n) is 15.1. The highest BCUT2D eigenvalue weighted by atomic mass is 32.1. The lowest BCUT2D eigenvalue weighted by molar-refractivity contribution is -0.146. The molecule has 0 saturated carbocycles. The van der Waals surface area contributed by atoms with Gasteiger partial charge in [-0.25, -0.2) is 9.59 Å². The second-order valence-electron chi connectivity index (χ2n) is 6.96. The van der Waals surface area contributed by atoms with Gasteiger partial charge in [0.15, 0.2) is 0 Å². The van der Waals surface area contributed by atoms with Crippen molar-refractivity contribution >= 4 is 28.3 Å². The number of carboxylic acid groups (broad SMARTS) is 1. The zero-order chi connectivity index (χ0) is 20.8. The van der Waals surface area contributed by atoms with Gasteiger partial charge in [0.25, 0.3) is 11.7 Å². The normalized spacial score (nSPS) is 19.3. The molecular weight excluding hydrogens is 413 g/mol. The Morgan fingerprint density at radius 1 is 1.24 bits per heavy atom. The third-order valence-corrected chi connectivity index (χ3v) is 6.29. The highest BCUT2D eigenvalue weighted by Crippen LogP contribution is 2.44. The molecule has 0 unspecified atom stereocenters. The summed E-state index contributed by atoms with van der Waals surface area (Å²) in [4.78, 5) is 29.7. The molecule has 0 radical (unpaired) electrons. The van der Waals surface area contributed by atoms with Crippen molar-refractivity contribution in [2.45, 2.75) is 50.7 Å². The van der Waals surface area contributed by atoms with Gasteiger partial charge in [-0.2, -0.15) is 18.2 Å². The molecule has 0 aromatic carbocycles. The van der Waals surface area contributed by atoms with Crippen LogP contribution >= 0.6 is 11.3 Å². The Balaban J connectivity index is 1.69. The van der Waals surface area contributed by atoms with Gasteiger partial charge in [0.2, 0.25) is 0 Å². The number of thiophene rings is 1. The largest absolute Gasteiger partial charge is 0.480 e. The van der Waals surface area contributed by atoms with Crippen LogP contribution in [0.5, 0.6) is 0 Å². The van der Waals surface area contributed by atoms with E-state index in [1.54, 1.807) is 0 Å². The fourth-order valence-corrected chi connectivity index (χ4v) is 5.03. The fraction of sp³-hybridized carbons (Fsp3) is 0.529. The first-order valence-electron chi connectivity index (χ1n) is 9.12. The number of anilines is 1. The summed E-state index contributed by atoms with van der Waals surface area (Å²) < 4.78 is 43.6. The van der Waals surface area contributed by atoms with Crippen LogP contribution in [0, 0.1) is 0 Å². The number of carboxylic acids is 1. The molecule has 0 spiro atoms. The number of aryl methyl sites for hydroxylation is 1. The minimum absolute atomic E-state index is 0.294. The Hall–Kier alpha value is -2.63.